The first-order valence-electron chi connectivity index (χ1n) is 6.62. The fraction of sp³-hybridized carbons (Fsp3) is 0.667. The Morgan fingerprint density at radius 3 is 2.80 bits per heavy atom. The average molecular weight is 319 g/mol. The molecule has 0 bridgehead atoms. The Morgan fingerprint density at radius 2 is 2.20 bits per heavy atom. The van der Waals surface area contributed by atoms with Crippen molar-refractivity contribution in [3.8, 4) is 0 Å². The van der Waals surface area contributed by atoms with E-state index in [-0.39, 0.29) is 0 Å². The smallest absolute Gasteiger partial charge is 0.282 e. The van der Waals surface area contributed by atoms with E-state index in [1.165, 1.54) is 4.31 Å². The Kier molecular flexibility index (Phi) is 5.94. The first-order chi connectivity index (χ1) is 9.64. The molecular weight excluding hydrogens is 298 g/mol. The molecule has 0 unspecified atom stereocenters. The van der Waals surface area contributed by atoms with E-state index < -0.39 is 10.2 Å². The molecule has 1 saturated heterocycles. The molecule has 2 heterocycles. The molecular formula is C12H21N3O3S2. The van der Waals surface area contributed by atoms with Gasteiger partial charge in [0.25, 0.3) is 10.2 Å². The highest BCUT2D eigenvalue weighted by molar-refractivity contribution is 7.86. The van der Waals surface area contributed by atoms with E-state index >= 15 is 0 Å². The standard InChI is InChI=1S/C12H21N3O3S2/c1-18-9-8-15(11-12-3-2-10-19-12)20(16,17)14-6-4-13-5-7-14/h2-3,10,13H,4-9,11H2,1H3. The number of ether oxygens (including phenoxy) is 1. The summed E-state index contributed by atoms with van der Waals surface area (Å²) in [4.78, 5) is 1.04. The van der Waals surface area contributed by atoms with Gasteiger partial charge in [0.2, 0.25) is 0 Å². The van der Waals surface area contributed by atoms with Crippen molar-refractivity contribution in [1.82, 2.24) is 13.9 Å². The molecule has 0 atom stereocenters. The highest BCUT2D eigenvalue weighted by atomic mass is 32.2. The third-order valence-electron chi connectivity index (χ3n) is 3.19. The minimum atomic E-state index is -3.42. The topological polar surface area (TPSA) is 61.9 Å². The van der Waals surface area contributed by atoms with Crippen molar-refractivity contribution in [3.05, 3.63) is 22.4 Å². The van der Waals surface area contributed by atoms with Gasteiger partial charge in [0, 0.05) is 51.3 Å². The predicted molar refractivity (Wildman–Crippen MR) is 80.0 cm³/mol. The van der Waals surface area contributed by atoms with Crippen molar-refractivity contribution in [2.45, 2.75) is 6.54 Å². The Labute approximate surface area is 124 Å². The fourth-order valence-electron chi connectivity index (χ4n) is 2.08. The summed E-state index contributed by atoms with van der Waals surface area (Å²) in [5, 5.41) is 5.13. The van der Waals surface area contributed by atoms with Gasteiger partial charge in [-0.1, -0.05) is 6.07 Å². The third-order valence-corrected chi connectivity index (χ3v) is 6.03. The monoisotopic (exact) mass is 319 g/mol. The molecule has 1 aromatic rings. The van der Waals surface area contributed by atoms with Crippen molar-refractivity contribution < 1.29 is 13.2 Å². The van der Waals surface area contributed by atoms with Crippen molar-refractivity contribution in [1.29, 1.82) is 0 Å². The number of nitrogens with one attached hydrogen (secondary N) is 1. The summed E-state index contributed by atoms with van der Waals surface area (Å²) in [6, 6.07) is 3.89. The van der Waals surface area contributed by atoms with E-state index in [9.17, 15) is 8.42 Å². The minimum Gasteiger partial charge on any atom is -0.383 e. The van der Waals surface area contributed by atoms with Crippen molar-refractivity contribution in [2.24, 2.45) is 0 Å². The zero-order chi connectivity index (χ0) is 14.4. The predicted octanol–water partition coefficient (Wildman–Crippen LogP) is 0.347. The summed E-state index contributed by atoms with van der Waals surface area (Å²) >= 11 is 1.57. The molecule has 114 valence electrons. The van der Waals surface area contributed by atoms with Crippen LogP contribution in [0.3, 0.4) is 0 Å². The summed E-state index contributed by atoms with van der Waals surface area (Å²) in [6.45, 7) is 3.64. The van der Waals surface area contributed by atoms with E-state index in [0.717, 1.165) is 4.88 Å². The van der Waals surface area contributed by atoms with Gasteiger partial charge in [-0.25, -0.2) is 0 Å². The lowest BCUT2D eigenvalue weighted by atomic mass is 10.4. The quantitative estimate of drug-likeness (QED) is 0.788. The molecule has 0 amide bonds. The number of rotatable bonds is 7. The molecule has 0 radical (unpaired) electrons. The molecule has 0 aliphatic carbocycles. The lowest BCUT2D eigenvalue weighted by Gasteiger charge is -2.32. The largest absolute Gasteiger partial charge is 0.383 e. The zero-order valence-corrected chi connectivity index (χ0v) is 13.3. The van der Waals surface area contributed by atoms with Crippen LogP contribution in [0.4, 0.5) is 0 Å². The third kappa shape index (κ3) is 4.00. The van der Waals surface area contributed by atoms with Gasteiger partial charge in [-0.05, 0) is 11.4 Å². The van der Waals surface area contributed by atoms with Crippen molar-refractivity contribution in [2.75, 3.05) is 46.4 Å². The molecule has 1 aliphatic rings. The number of thiophene rings is 1. The second kappa shape index (κ2) is 7.48. The van der Waals surface area contributed by atoms with E-state index in [4.69, 9.17) is 4.74 Å². The number of methoxy groups -OCH3 is 1. The van der Waals surface area contributed by atoms with Crippen molar-refractivity contribution in [3.63, 3.8) is 0 Å². The zero-order valence-electron chi connectivity index (χ0n) is 11.6. The summed E-state index contributed by atoms with van der Waals surface area (Å²) < 4.78 is 33.5. The van der Waals surface area contributed by atoms with Gasteiger partial charge in [0.1, 0.15) is 0 Å². The molecule has 8 heteroatoms. The lowest BCUT2D eigenvalue weighted by molar-refractivity contribution is 0.173. The van der Waals surface area contributed by atoms with Gasteiger partial charge in [-0.15, -0.1) is 11.3 Å². The van der Waals surface area contributed by atoms with E-state index in [1.807, 2.05) is 17.5 Å². The number of hydrogen-bond acceptors (Lipinski definition) is 5. The molecule has 1 aliphatic heterocycles. The van der Waals surface area contributed by atoms with E-state index in [0.29, 0.717) is 45.9 Å². The molecule has 20 heavy (non-hydrogen) atoms. The van der Waals surface area contributed by atoms with Crippen LogP contribution in [0, 0.1) is 0 Å². The normalized spacial score (nSPS) is 17.7. The molecule has 0 saturated carbocycles. The Hall–Kier alpha value is -0.510. The second-order valence-electron chi connectivity index (χ2n) is 4.56. The first-order valence-corrected chi connectivity index (χ1v) is 8.89. The second-order valence-corrected chi connectivity index (χ2v) is 7.52. The molecule has 1 aromatic heterocycles. The molecule has 0 aromatic carbocycles. The highest BCUT2D eigenvalue weighted by Gasteiger charge is 2.30. The fourth-order valence-corrected chi connectivity index (χ4v) is 4.46. The van der Waals surface area contributed by atoms with Crippen LogP contribution in [0.5, 0.6) is 0 Å². The molecule has 1 N–H and O–H groups in total. The van der Waals surface area contributed by atoms with Crippen LogP contribution < -0.4 is 5.32 Å². The van der Waals surface area contributed by atoms with Gasteiger partial charge in [0.05, 0.1) is 6.61 Å². The maximum atomic E-state index is 12.7. The Balaban J connectivity index is 2.11. The maximum Gasteiger partial charge on any atom is 0.282 e. The number of hydrogen-bond donors (Lipinski definition) is 1. The van der Waals surface area contributed by atoms with Crippen LogP contribution >= 0.6 is 11.3 Å². The molecule has 6 nitrogen and oxygen atoms in total. The van der Waals surface area contributed by atoms with E-state index in [1.54, 1.807) is 22.8 Å². The van der Waals surface area contributed by atoms with E-state index in [2.05, 4.69) is 5.32 Å². The maximum absolute atomic E-state index is 12.7. The first kappa shape index (κ1) is 15.9. The molecule has 1 fully saturated rings. The van der Waals surface area contributed by atoms with Gasteiger partial charge in [-0.3, -0.25) is 0 Å². The van der Waals surface area contributed by atoms with Crippen LogP contribution in [-0.4, -0.2) is 63.5 Å². The lowest BCUT2D eigenvalue weighted by Crippen LogP contribution is -2.52. The average Bonchev–Trinajstić information content (AvgIpc) is 2.97. The minimum absolute atomic E-state index is 0.376. The van der Waals surface area contributed by atoms with Crippen LogP contribution in [0.15, 0.2) is 17.5 Å². The Bertz CT molecular complexity index is 484. The van der Waals surface area contributed by atoms with Crippen LogP contribution in [-0.2, 0) is 21.5 Å². The number of piperazine rings is 1. The van der Waals surface area contributed by atoms with Crippen molar-refractivity contribution >= 4 is 21.5 Å². The summed E-state index contributed by atoms with van der Waals surface area (Å²) in [5.74, 6) is 0. The summed E-state index contributed by atoms with van der Waals surface area (Å²) in [5.41, 5.74) is 0. The number of nitrogens with zero attached hydrogens (tertiary/aromatic N) is 2. The molecule has 2 rings (SSSR count). The summed E-state index contributed by atoms with van der Waals surface area (Å²) in [6.07, 6.45) is 0. The summed E-state index contributed by atoms with van der Waals surface area (Å²) in [7, 11) is -1.84. The highest BCUT2D eigenvalue weighted by Crippen LogP contribution is 2.17. The van der Waals surface area contributed by atoms with Crippen LogP contribution in [0.1, 0.15) is 4.88 Å². The Morgan fingerprint density at radius 1 is 1.45 bits per heavy atom. The van der Waals surface area contributed by atoms with Gasteiger partial charge in [-0.2, -0.15) is 17.0 Å². The van der Waals surface area contributed by atoms with Gasteiger partial charge < -0.3 is 10.1 Å². The van der Waals surface area contributed by atoms with Crippen LogP contribution in [0.2, 0.25) is 0 Å². The van der Waals surface area contributed by atoms with Gasteiger partial charge in [0.15, 0.2) is 0 Å². The SMILES string of the molecule is COCCN(Cc1cccs1)S(=O)(=O)N1CCNCC1. The molecule has 0 spiro atoms. The van der Waals surface area contributed by atoms with Crippen LogP contribution in [0.25, 0.3) is 0 Å². The van der Waals surface area contributed by atoms with Gasteiger partial charge >= 0.3 is 0 Å².